The minimum absolute atomic E-state index is 0.0290. The molecule has 0 saturated carbocycles. The Hall–Kier alpha value is -2.86. The molecule has 0 radical (unpaired) electrons. The smallest absolute Gasteiger partial charge is 0.0689 e. The quantitative estimate of drug-likeness (QED) is 0.705. The van der Waals surface area contributed by atoms with Crippen molar-refractivity contribution in [3.8, 4) is 17.3 Å². The second-order valence-corrected chi connectivity index (χ2v) is 5.76. The molecular weight excluding hydrogens is 282 g/mol. The molecule has 0 saturated heterocycles. The van der Waals surface area contributed by atoms with Crippen LogP contribution >= 0.6 is 0 Å². The first-order valence-electron chi connectivity index (χ1n) is 7.82. The van der Waals surface area contributed by atoms with Crippen LogP contribution in [0.15, 0.2) is 66.7 Å². The summed E-state index contributed by atoms with van der Waals surface area (Å²) in [6.45, 7) is 2.66. The summed E-state index contributed by atoms with van der Waals surface area (Å²) in [7, 11) is 0. The molecule has 0 N–H and O–H groups in total. The molecule has 0 amide bonds. The van der Waals surface area contributed by atoms with E-state index in [0.717, 1.165) is 23.5 Å². The van der Waals surface area contributed by atoms with Crippen molar-refractivity contribution < 1.29 is 0 Å². The van der Waals surface area contributed by atoms with Crippen molar-refractivity contribution in [3.05, 3.63) is 78.0 Å². The molecule has 1 heterocycles. The molecule has 23 heavy (non-hydrogen) atoms. The molecule has 3 aromatic rings. The van der Waals surface area contributed by atoms with E-state index in [1.54, 1.807) is 0 Å². The van der Waals surface area contributed by atoms with Gasteiger partial charge in [0.15, 0.2) is 0 Å². The van der Waals surface area contributed by atoms with Gasteiger partial charge in [0.2, 0.25) is 0 Å². The van der Waals surface area contributed by atoms with Gasteiger partial charge in [0, 0.05) is 12.3 Å². The molecule has 0 fully saturated rings. The number of rotatable bonds is 5. The van der Waals surface area contributed by atoms with E-state index in [9.17, 15) is 0 Å². The molecule has 1 aromatic heterocycles. The van der Waals surface area contributed by atoms with E-state index in [-0.39, 0.29) is 5.92 Å². The van der Waals surface area contributed by atoms with Crippen molar-refractivity contribution in [1.82, 2.24) is 9.78 Å². The standard InChI is InChI=1S/C20H19N3/c1-16(14-21)12-19-13-20(18-10-6-3-7-11-18)23(22-19)15-17-8-4-2-5-9-17/h2-11,13,16H,12,15H2,1H3. The molecule has 0 aliphatic heterocycles. The highest BCUT2D eigenvalue weighted by atomic mass is 15.3. The molecule has 1 atom stereocenters. The van der Waals surface area contributed by atoms with Gasteiger partial charge in [-0.25, -0.2) is 0 Å². The van der Waals surface area contributed by atoms with E-state index < -0.39 is 0 Å². The Labute approximate surface area is 136 Å². The molecule has 0 aliphatic rings. The van der Waals surface area contributed by atoms with E-state index in [2.05, 4.69) is 36.4 Å². The Morgan fingerprint density at radius 3 is 2.35 bits per heavy atom. The maximum absolute atomic E-state index is 9.04. The fourth-order valence-corrected chi connectivity index (χ4v) is 2.65. The van der Waals surface area contributed by atoms with Gasteiger partial charge in [-0.1, -0.05) is 60.7 Å². The second kappa shape index (κ2) is 6.93. The largest absolute Gasteiger partial charge is 0.260 e. The normalized spacial score (nSPS) is 11.8. The van der Waals surface area contributed by atoms with Crippen molar-refractivity contribution in [2.75, 3.05) is 0 Å². The van der Waals surface area contributed by atoms with E-state index in [1.165, 1.54) is 5.56 Å². The zero-order chi connectivity index (χ0) is 16.1. The van der Waals surface area contributed by atoms with Crippen molar-refractivity contribution in [3.63, 3.8) is 0 Å². The summed E-state index contributed by atoms with van der Waals surface area (Å²) >= 11 is 0. The highest BCUT2D eigenvalue weighted by molar-refractivity contribution is 5.60. The van der Waals surface area contributed by atoms with Gasteiger partial charge in [0.1, 0.15) is 0 Å². The minimum atomic E-state index is -0.0290. The average molecular weight is 301 g/mol. The van der Waals surface area contributed by atoms with Crippen LogP contribution in [-0.2, 0) is 13.0 Å². The number of nitriles is 1. The van der Waals surface area contributed by atoms with E-state index in [4.69, 9.17) is 10.4 Å². The van der Waals surface area contributed by atoms with Crippen LogP contribution in [-0.4, -0.2) is 9.78 Å². The van der Waals surface area contributed by atoms with Gasteiger partial charge >= 0.3 is 0 Å². The Morgan fingerprint density at radius 1 is 1.04 bits per heavy atom. The minimum Gasteiger partial charge on any atom is -0.260 e. The molecular formula is C20H19N3. The lowest BCUT2D eigenvalue weighted by Gasteiger charge is -2.07. The van der Waals surface area contributed by atoms with Gasteiger partial charge < -0.3 is 0 Å². The van der Waals surface area contributed by atoms with Gasteiger partial charge in [-0.2, -0.15) is 10.4 Å². The summed E-state index contributed by atoms with van der Waals surface area (Å²) in [4.78, 5) is 0. The lowest BCUT2D eigenvalue weighted by molar-refractivity contribution is 0.651. The van der Waals surface area contributed by atoms with Gasteiger partial charge in [-0.3, -0.25) is 4.68 Å². The molecule has 0 spiro atoms. The summed E-state index contributed by atoms with van der Waals surface area (Å²) in [5.74, 6) is -0.0290. The third-order valence-corrected chi connectivity index (χ3v) is 3.81. The van der Waals surface area contributed by atoms with Crippen LogP contribution in [0.5, 0.6) is 0 Å². The van der Waals surface area contributed by atoms with E-state index >= 15 is 0 Å². The highest BCUT2D eigenvalue weighted by Gasteiger charge is 2.12. The van der Waals surface area contributed by atoms with Crippen LogP contribution in [0.1, 0.15) is 18.2 Å². The fourth-order valence-electron chi connectivity index (χ4n) is 2.65. The summed E-state index contributed by atoms with van der Waals surface area (Å²) in [6, 6.07) is 25.0. The van der Waals surface area contributed by atoms with Gasteiger partial charge in [0.05, 0.1) is 24.0 Å². The van der Waals surface area contributed by atoms with E-state index in [0.29, 0.717) is 6.42 Å². The number of benzene rings is 2. The predicted molar refractivity (Wildman–Crippen MR) is 91.7 cm³/mol. The SMILES string of the molecule is CC(C#N)Cc1cc(-c2ccccc2)n(Cc2ccccc2)n1. The lowest BCUT2D eigenvalue weighted by atomic mass is 10.1. The van der Waals surface area contributed by atoms with Crippen LogP contribution in [0.2, 0.25) is 0 Å². The zero-order valence-electron chi connectivity index (χ0n) is 13.2. The van der Waals surface area contributed by atoms with Crippen LogP contribution in [0.3, 0.4) is 0 Å². The first-order chi connectivity index (χ1) is 11.3. The average Bonchev–Trinajstić information content (AvgIpc) is 2.98. The highest BCUT2D eigenvalue weighted by Crippen LogP contribution is 2.22. The summed E-state index contributed by atoms with van der Waals surface area (Å²) < 4.78 is 2.03. The molecule has 2 aromatic carbocycles. The van der Waals surface area contributed by atoms with Crippen molar-refractivity contribution >= 4 is 0 Å². The third kappa shape index (κ3) is 3.67. The lowest BCUT2D eigenvalue weighted by Crippen LogP contribution is -2.05. The van der Waals surface area contributed by atoms with Crippen molar-refractivity contribution in [2.24, 2.45) is 5.92 Å². The van der Waals surface area contributed by atoms with E-state index in [1.807, 2.05) is 48.0 Å². The van der Waals surface area contributed by atoms with Crippen LogP contribution in [0.25, 0.3) is 11.3 Å². The van der Waals surface area contributed by atoms with Gasteiger partial charge in [0.25, 0.3) is 0 Å². The van der Waals surface area contributed by atoms with Crippen molar-refractivity contribution in [2.45, 2.75) is 19.9 Å². The molecule has 1 unspecified atom stereocenters. The molecule has 3 nitrogen and oxygen atoms in total. The maximum atomic E-state index is 9.04. The Morgan fingerprint density at radius 2 is 1.70 bits per heavy atom. The van der Waals surface area contributed by atoms with Crippen LogP contribution in [0.4, 0.5) is 0 Å². The second-order valence-electron chi connectivity index (χ2n) is 5.76. The first kappa shape index (κ1) is 15.1. The molecule has 3 rings (SSSR count). The monoisotopic (exact) mass is 301 g/mol. The topological polar surface area (TPSA) is 41.6 Å². The van der Waals surface area contributed by atoms with Crippen LogP contribution < -0.4 is 0 Å². The summed E-state index contributed by atoms with van der Waals surface area (Å²) in [5, 5.41) is 13.8. The summed E-state index contributed by atoms with van der Waals surface area (Å²) in [6.07, 6.45) is 0.679. The predicted octanol–water partition coefficient (Wildman–Crippen LogP) is 4.30. The maximum Gasteiger partial charge on any atom is 0.0689 e. The number of nitrogens with zero attached hydrogens (tertiary/aromatic N) is 3. The third-order valence-electron chi connectivity index (χ3n) is 3.81. The van der Waals surface area contributed by atoms with Crippen molar-refractivity contribution in [1.29, 1.82) is 5.26 Å². The zero-order valence-corrected chi connectivity index (χ0v) is 13.2. The summed E-state index contributed by atoms with van der Waals surface area (Å²) in [5.41, 5.74) is 4.42. The Bertz CT molecular complexity index is 798. The molecule has 0 bridgehead atoms. The Kier molecular flexibility index (Phi) is 4.54. The van der Waals surface area contributed by atoms with Crippen LogP contribution in [0, 0.1) is 17.2 Å². The number of aromatic nitrogens is 2. The number of hydrogen-bond acceptors (Lipinski definition) is 2. The van der Waals surface area contributed by atoms with Gasteiger partial charge in [-0.05, 0) is 24.1 Å². The molecule has 114 valence electrons. The fraction of sp³-hybridized carbons (Fsp3) is 0.200. The Balaban J connectivity index is 1.97. The van der Waals surface area contributed by atoms with Gasteiger partial charge in [-0.15, -0.1) is 0 Å². The molecule has 3 heteroatoms. The number of hydrogen-bond donors (Lipinski definition) is 0. The first-order valence-corrected chi connectivity index (χ1v) is 7.82. The molecule has 0 aliphatic carbocycles.